The molecule has 0 amide bonds. The first-order valence-electron chi connectivity index (χ1n) is 8.21. The van der Waals surface area contributed by atoms with Crippen molar-refractivity contribution in [3.05, 3.63) is 70.3 Å². The third kappa shape index (κ3) is 3.48. The van der Waals surface area contributed by atoms with Crippen molar-refractivity contribution in [1.29, 1.82) is 0 Å². The number of aryl methyl sites for hydroxylation is 2. The van der Waals surface area contributed by atoms with Crippen LogP contribution < -0.4 is 0 Å². The quantitative estimate of drug-likeness (QED) is 0.880. The highest BCUT2D eigenvalue weighted by molar-refractivity contribution is 5.87. The van der Waals surface area contributed by atoms with Crippen LogP contribution in [0.5, 0.6) is 0 Å². The average Bonchev–Trinajstić information content (AvgIpc) is 2.59. The molecule has 2 aromatic rings. The smallest absolute Gasteiger partial charge is 0.335 e. The molecule has 0 saturated heterocycles. The Labute approximate surface area is 140 Å². The molecule has 1 atom stereocenters. The number of fused-ring (bicyclic) bond motifs is 1. The van der Waals surface area contributed by atoms with Gasteiger partial charge in [0.1, 0.15) is 0 Å². The van der Waals surface area contributed by atoms with E-state index in [1.807, 2.05) is 12.1 Å². The number of hydrogen-bond donors (Lipinski definition) is 2. The van der Waals surface area contributed by atoms with Crippen molar-refractivity contribution in [2.45, 2.75) is 38.0 Å². The minimum atomic E-state index is -0.981. The van der Waals surface area contributed by atoms with Gasteiger partial charge >= 0.3 is 11.9 Å². The summed E-state index contributed by atoms with van der Waals surface area (Å²) in [5, 5.41) is 18.6. The summed E-state index contributed by atoms with van der Waals surface area (Å²) in [4.78, 5) is 22.7. The van der Waals surface area contributed by atoms with Crippen LogP contribution in [0.1, 0.15) is 51.4 Å². The van der Waals surface area contributed by atoms with Crippen LogP contribution in [0, 0.1) is 0 Å². The maximum Gasteiger partial charge on any atom is 0.335 e. The first-order valence-corrected chi connectivity index (χ1v) is 8.21. The number of rotatable bonds is 5. The fourth-order valence-electron chi connectivity index (χ4n) is 3.34. The molecule has 4 heteroatoms. The normalized spacial score (nSPS) is 14.7. The zero-order valence-corrected chi connectivity index (χ0v) is 13.4. The van der Waals surface area contributed by atoms with E-state index in [0.717, 1.165) is 30.4 Å². The predicted molar refractivity (Wildman–Crippen MR) is 90.6 cm³/mol. The molecule has 1 aliphatic carbocycles. The Morgan fingerprint density at radius 3 is 2.21 bits per heavy atom. The Balaban J connectivity index is 1.84. The Bertz CT molecular complexity index is 762. The highest BCUT2D eigenvalue weighted by Crippen LogP contribution is 2.28. The molecule has 24 heavy (non-hydrogen) atoms. The highest BCUT2D eigenvalue weighted by atomic mass is 16.4. The summed E-state index contributed by atoms with van der Waals surface area (Å²) in [6, 6.07) is 12.4. The molecule has 2 aromatic carbocycles. The molecule has 0 saturated carbocycles. The van der Waals surface area contributed by atoms with Gasteiger partial charge in [-0.1, -0.05) is 30.3 Å². The maximum absolute atomic E-state index is 11.8. The number of aliphatic carboxylic acids is 1. The van der Waals surface area contributed by atoms with Crippen molar-refractivity contribution >= 4 is 11.9 Å². The zero-order valence-electron chi connectivity index (χ0n) is 13.4. The van der Waals surface area contributed by atoms with Gasteiger partial charge in [0, 0.05) is 0 Å². The van der Waals surface area contributed by atoms with Crippen LogP contribution in [0.4, 0.5) is 0 Å². The van der Waals surface area contributed by atoms with Crippen LogP contribution in [-0.4, -0.2) is 22.2 Å². The van der Waals surface area contributed by atoms with Gasteiger partial charge in [0.05, 0.1) is 11.5 Å². The summed E-state index contributed by atoms with van der Waals surface area (Å²) in [5.74, 6) is -2.45. The monoisotopic (exact) mass is 324 g/mol. The molecule has 0 aliphatic heterocycles. The Kier molecular flexibility index (Phi) is 4.65. The van der Waals surface area contributed by atoms with Crippen LogP contribution in [-0.2, 0) is 24.1 Å². The topological polar surface area (TPSA) is 74.6 Å². The molecule has 124 valence electrons. The van der Waals surface area contributed by atoms with Gasteiger partial charge in [-0.25, -0.2) is 4.79 Å². The van der Waals surface area contributed by atoms with Crippen molar-refractivity contribution in [3.63, 3.8) is 0 Å². The van der Waals surface area contributed by atoms with E-state index in [2.05, 4.69) is 6.07 Å². The molecule has 4 nitrogen and oxygen atoms in total. The Morgan fingerprint density at radius 2 is 1.58 bits per heavy atom. The van der Waals surface area contributed by atoms with E-state index in [1.54, 1.807) is 12.1 Å². The number of carbonyl (C=O) groups is 2. The molecule has 3 rings (SSSR count). The summed E-state index contributed by atoms with van der Waals surface area (Å²) in [6.07, 6.45) is 4.80. The van der Waals surface area contributed by atoms with E-state index in [4.69, 9.17) is 5.11 Å². The lowest BCUT2D eigenvalue weighted by molar-refractivity contribution is -0.138. The van der Waals surface area contributed by atoms with Gasteiger partial charge in [-0.2, -0.15) is 0 Å². The van der Waals surface area contributed by atoms with E-state index in [0.29, 0.717) is 6.42 Å². The molecule has 0 heterocycles. The van der Waals surface area contributed by atoms with Crippen LogP contribution in [0.2, 0.25) is 0 Å². The third-order valence-corrected chi connectivity index (χ3v) is 4.71. The van der Waals surface area contributed by atoms with Gasteiger partial charge < -0.3 is 10.2 Å². The zero-order chi connectivity index (χ0) is 17.1. The molecule has 1 unspecified atom stereocenters. The number of benzene rings is 2. The largest absolute Gasteiger partial charge is 0.481 e. The fourth-order valence-corrected chi connectivity index (χ4v) is 3.34. The second-order valence-electron chi connectivity index (χ2n) is 6.33. The second-order valence-corrected chi connectivity index (χ2v) is 6.33. The standard InChI is InChI=1S/C20H20O4/c21-19(22)15-7-5-13(6-8-15)11-18(20(23)24)17-10-9-14-3-1-2-4-16(14)12-17/h5-10,12,18H,1-4,11H2,(H,21,22)(H,23,24). The maximum atomic E-state index is 11.8. The van der Waals surface area contributed by atoms with Gasteiger partial charge in [0.2, 0.25) is 0 Å². The molecular formula is C20H20O4. The van der Waals surface area contributed by atoms with E-state index in [1.165, 1.54) is 29.7 Å². The van der Waals surface area contributed by atoms with Gasteiger partial charge in [0.15, 0.2) is 0 Å². The number of aromatic carboxylic acids is 1. The van der Waals surface area contributed by atoms with Gasteiger partial charge in [-0.3, -0.25) is 4.79 Å². The van der Waals surface area contributed by atoms with Crippen molar-refractivity contribution in [1.82, 2.24) is 0 Å². The highest BCUT2D eigenvalue weighted by Gasteiger charge is 2.22. The predicted octanol–water partition coefficient (Wildman–Crippen LogP) is 3.67. The fraction of sp³-hybridized carbons (Fsp3) is 0.300. The van der Waals surface area contributed by atoms with E-state index in [-0.39, 0.29) is 5.56 Å². The minimum Gasteiger partial charge on any atom is -0.481 e. The molecule has 0 fully saturated rings. The lowest BCUT2D eigenvalue weighted by atomic mass is 9.85. The van der Waals surface area contributed by atoms with Crippen molar-refractivity contribution < 1.29 is 19.8 Å². The molecule has 0 spiro atoms. The summed E-state index contributed by atoms with van der Waals surface area (Å²) < 4.78 is 0. The summed E-state index contributed by atoms with van der Waals surface area (Å²) >= 11 is 0. The second kappa shape index (κ2) is 6.87. The van der Waals surface area contributed by atoms with Crippen LogP contribution in [0.3, 0.4) is 0 Å². The molecule has 0 aromatic heterocycles. The minimum absolute atomic E-state index is 0.208. The lowest BCUT2D eigenvalue weighted by Crippen LogP contribution is -2.16. The third-order valence-electron chi connectivity index (χ3n) is 4.71. The average molecular weight is 324 g/mol. The van der Waals surface area contributed by atoms with E-state index >= 15 is 0 Å². The van der Waals surface area contributed by atoms with Crippen LogP contribution in [0.25, 0.3) is 0 Å². The van der Waals surface area contributed by atoms with Crippen molar-refractivity contribution in [2.75, 3.05) is 0 Å². The number of carboxylic acids is 2. The molecule has 0 radical (unpaired) electrons. The van der Waals surface area contributed by atoms with E-state index in [9.17, 15) is 14.7 Å². The van der Waals surface area contributed by atoms with Gasteiger partial charge in [-0.05, 0) is 66.5 Å². The number of carboxylic acid groups (broad SMARTS) is 2. The van der Waals surface area contributed by atoms with Gasteiger partial charge in [-0.15, -0.1) is 0 Å². The first kappa shape index (κ1) is 16.2. The van der Waals surface area contributed by atoms with E-state index < -0.39 is 17.9 Å². The SMILES string of the molecule is O=C(O)c1ccc(CC(C(=O)O)c2ccc3c(c2)CCCC3)cc1. The Morgan fingerprint density at radius 1 is 0.917 bits per heavy atom. The van der Waals surface area contributed by atoms with Crippen molar-refractivity contribution in [2.24, 2.45) is 0 Å². The summed E-state index contributed by atoms with van der Waals surface area (Å²) in [6.45, 7) is 0. The summed E-state index contributed by atoms with van der Waals surface area (Å²) in [5.41, 5.74) is 4.46. The Hall–Kier alpha value is -2.62. The molecule has 0 bridgehead atoms. The molecular weight excluding hydrogens is 304 g/mol. The van der Waals surface area contributed by atoms with Crippen LogP contribution in [0.15, 0.2) is 42.5 Å². The van der Waals surface area contributed by atoms with Gasteiger partial charge in [0.25, 0.3) is 0 Å². The molecule has 1 aliphatic rings. The molecule has 2 N–H and O–H groups in total. The summed E-state index contributed by atoms with van der Waals surface area (Å²) in [7, 11) is 0. The van der Waals surface area contributed by atoms with Crippen LogP contribution >= 0.6 is 0 Å². The van der Waals surface area contributed by atoms with Crippen molar-refractivity contribution in [3.8, 4) is 0 Å². The number of hydrogen-bond acceptors (Lipinski definition) is 2. The lowest BCUT2D eigenvalue weighted by Gasteiger charge is -2.19. The first-order chi connectivity index (χ1) is 11.5.